The van der Waals surface area contributed by atoms with E-state index in [1.807, 2.05) is 37.2 Å². The molecule has 25 heavy (non-hydrogen) atoms. The second-order valence-corrected chi connectivity index (χ2v) is 5.72. The van der Waals surface area contributed by atoms with Crippen LogP contribution in [0, 0.1) is 0 Å². The fourth-order valence-corrected chi connectivity index (χ4v) is 2.21. The first-order valence-electron chi connectivity index (χ1n) is 7.90. The van der Waals surface area contributed by atoms with Crippen molar-refractivity contribution in [2.75, 3.05) is 46.7 Å². The summed E-state index contributed by atoms with van der Waals surface area (Å²) in [6.07, 6.45) is 3.21. The van der Waals surface area contributed by atoms with Gasteiger partial charge in [0.05, 0.1) is 31.7 Å². The number of hydrogen-bond donors (Lipinski definition) is 2. The van der Waals surface area contributed by atoms with Crippen LogP contribution in [0.15, 0.2) is 36.7 Å². The highest BCUT2D eigenvalue weighted by molar-refractivity contribution is 5.94. The molecule has 2 N–H and O–H groups in total. The number of pyridine rings is 1. The molecular weight excluding hydrogens is 320 g/mol. The summed E-state index contributed by atoms with van der Waals surface area (Å²) < 4.78 is 10.5. The molecule has 1 heterocycles. The Kier molecular flexibility index (Phi) is 6.59. The van der Waals surface area contributed by atoms with Crippen LogP contribution in [0.5, 0.6) is 11.5 Å². The van der Waals surface area contributed by atoms with Crippen molar-refractivity contribution in [3.8, 4) is 11.5 Å². The van der Waals surface area contributed by atoms with E-state index in [0.717, 1.165) is 12.2 Å². The highest BCUT2D eigenvalue weighted by Gasteiger charge is 2.08. The monoisotopic (exact) mass is 344 g/mol. The molecule has 2 aromatic rings. The van der Waals surface area contributed by atoms with Crippen molar-refractivity contribution in [3.05, 3.63) is 42.2 Å². The van der Waals surface area contributed by atoms with Crippen LogP contribution in [0.3, 0.4) is 0 Å². The number of hydrogen-bond acceptors (Lipinski definition) is 6. The van der Waals surface area contributed by atoms with Gasteiger partial charge >= 0.3 is 0 Å². The van der Waals surface area contributed by atoms with E-state index in [9.17, 15) is 4.79 Å². The highest BCUT2D eigenvalue weighted by atomic mass is 16.5. The lowest BCUT2D eigenvalue weighted by atomic mass is 10.2. The van der Waals surface area contributed by atoms with E-state index in [1.165, 1.54) is 0 Å². The van der Waals surface area contributed by atoms with E-state index in [1.54, 1.807) is 32.7 Å². The first-order chi connectivity index (χ1) is 12.0. The maximum atomic E-state index is 12.2. The van der Waals surface area contributed by atoms with Gasteiger partial charge in [-0.3, -0.25) is 9.78 Å². The van der Waals surface area contributed by atoms with Gasteiger partial charge in [0.2, 0.25) is 0 Å². The number of carbonyl (C=O) groups excluding carboxylic acids is 1. The predicted molar refractivity (Wildman–Crippen MR) is 98.0 cm³/mol. The molecule has 0 saturated carbocycles. The quantitative estimate of drug-likeness (QED) is 0.764. The van der Waals surface area contributed by atoms with Gasteiger partial charge in [0.1, 0.15) is 0 Å². The zero-order valence-electron chi connectivity index (χ0n) is 15.0. The molecule has 134 valence electrons. The van der Waals surface area contributed by atoms with Crippen LogP contribution in [0.4, 0.5) is 11.4 Å². The summed E-state index contributed by atoms with van der Waals surface area (Å²) in [7, 11) is 7.10. The first-order valence-corrected chi connectivity index (χ1v) is 7.90. The summed E-state index contributed by atoms with van der Waals surface area (Å²) >= 11 is 0. The normalized spacial score (nSPS) is 10.4. The number of carbonyl (C=O) groups is 1. The molecule has 2 rings (SSSR count). The number of ether oxygens (including phenoxy) is 2. The molecule has 0 bridgehead atoms. The Morgan fingerprint density at radius 1 is 1.08 bits per heavy atom. The summed E-state index contributed by atoms with van der Waals surface area (Å²) in [4.78, 5) is 18.3. The van der Waals surface area contributed by atoms with Crippen molar-refractivity contribution >= 4 is 17.3 Å². The molecule has 0 aliphatic heterocycles. The van der Waals surface area contributed by atoms with Gasteiger partial charge in [-0.2, -0.15) is 0 Å². The van der Waals surface area contributed by atoms with Gasteiger partial charge in [0, 0.05) is 31.0 Å². The fraction of sp³-hybridized carbons (Fsp3) is 0.333. The lowest BCUT2D eigenvalue weighted by Crippen LogP contribution is -2.31. The number of rotatable bonds is 8. The molecule has 7 nitrogen and oxygen atoms in total. The summed E-state index contributed by atoms with van der Waals surface area (Å²) in [6, 6.07) is 7.26. The number of nitrogens with one attached hydrogen (secondary N) is 2. The minimum Gasteiger partial charge on any atom is -0.493 e. The lowest BCUT2D eigenvalue weighted by molar-refractivity contribution is 0.0950. The second-order valence-electron chi connectivity index (χ2n) is 5.72. The van der Waals surface area contributed by atoms with Gasteiger partial charge < -0.3 is 25.0 Å². The Morgan fingerprint density at radius 2 is 1.84 bits per heavy atom. The van der Waals surface area contributed by atoms with Gasteiger partial charge in [-0.1, -0.05) is 0 Å². The number of aromatic nitrogens is 1. The molecule has 1 amide bonds. The molecule has 0 unspecified atom stereocenters. The Morgan fingerprint density at radius 3 is 2.52 bits per heavy atom. The van der Waals surface area contributed by atoms with Gasteiger partial charge in [0.25, 0.3) is 5.91 Å². The second kappa shape index (κ2) is 8.89. The van der Waals surface area contributed by atoms with Gasteiger partial charge in [0.15, 0.2) is 11.5 Å². The number of anilines is 2. The highest BCUT2D eigenvalue weighted by Crippen LogP contribution is 2.31. The largest absolute Gasteiger partial charge is 0.493 e. The van der Waals surface area contributed by atoms with E-state index >= 15 is 0 Å². The number of methoxy groups -OCH3 is 2. The SMILES string of the molecule is COc1ccc(Nc2cncc(C(=O)NCCN(C)C)c2)cc1OC. The predicted octanol–water partition coefficient (Wildman–Crippen LogP) is 2.13. The van der Waals surface area contributed by atoms with Gasteiger partial charge in [-0.15, -0.1) is 0 Å². The number of benzene rings is 1. The van der Waals surface area contributed by atoms with E-state index in [2.05, 4.69) is 15.6 Å². The molecule has 0 aliphatic rings. The van der Waals surface area contributed by atoms with E-state index in [0.29, 0.717) is 29.3 Å². The molecular formula is C18H24N4O3. The van der Waals surface area contributed by atoms with Crippen molar-refractivity contribution in [1.29, 1.82) is 0 Å². The van der Waals surface area contributed by atoms with Gasteiger partial charge in [-0.25, -0.2) is 0 Å². The van der Waals surface area contributed by atoms with Crippen molar-refractivity contribution in [1.82, 2.24) is 15.2 Å². The number of likely N-dealkylation sites (N-methyl/N-ethyl adjacent to an activating group) is 1. The van der Waals surface area contributed by atoms with Crippen LogP contribution >= 0.6 is 0 Å². The van der Waals surface area contributed by atoms with Crippen LogP contribution in [0.2, 0.25) is 0 Å². The van der Waals surface area contributed by atoms with Crippen molar-refractivity contribution in [2.24, 2.45) is 0 Å². The molecule has 1 aromatic carbocycles. The van der Waals surface area contributed by atoms with Crippen LogP contribution in [-0.4, -0.2) is 57.2 Å². The summed E-state index contributed by atoms with van der Waals surface area (Å²) in [5.74, 6) is 1.13. The molecule has 0 spiro atoms. The van der Waals surface area contributed by atoms with Crippen molar-refractivity contribution in [3.63, 3.8) is 0 Å². The summed E-state index contributed by atoms with van der Waals surface area (Å²) in [5.41, 5.74) is 2.03. The smallest absolute Gasteiger partial charge is 0.252 e. The number of amides is 1. The number of nitrogens with zero attached hydrogens (tertiary/aromatic N) is 2. The summed E-state index contributed by atoms with van der Waals surface area (Å²) in [6.45, 7) is 1.36. The Bertz CT molecular complexity index is 719. The third kappa shape index (κ3) is 5.36. The average Bonchev–Trinajstić information content (AvgIpc) is 2.61. The Balaban J connectivity index is 2.07. The standard InChI is InChI=1S/C18H24N4O3/c1-22(2)8-7-20-18(23)13-9-15(12-19-11-13)21-14-5-6-16(24-3)17(10-14)25-4/h5-6,9-12,21H,7-8H2,1-4H3,(H,20,23). The van der Waals surface area contributed by atoms with Crippen molar-refractivity contribution in [2.45, 2.75) is 0 Å². The minimum absolute atomic E-state index is 0.148. The van der Waals surface area contributed by atoms with E-state index in [4.69, 9.17) is 9.47 Å². The average molecular weight is 344 g/mol. The molecule has 1 aromatic heterocycles. The maximum Gasteiger partial charge on any atom is 0.252 e. The Labute approximate surface area is 148 Å². The lowest BCUT2D eigenvalue weighted by Gasteiger charge is -2.12. The zero-order chi connectivity index (χ0) is 18.2. The van der Waals surface area contributed by atoms with Crippen LogP contribution in [-0.2, 0) is 0 Å². The molecule has 0 saturated heterocycles. The molecule has 0 fully saturated rings. The maximum absolute atomic E-state index is 12.2. The topological polar surface area (TPSA) is 75.7 Å². The van der Waals surface area contributed by atoms with E-state index < -0.39 is 0 Å². The minimum atomic E-state index is -0.148. The zero-order valence-corrected chi connectivity index (χ0v) is 15.0. The van der Waals surface area contributed by atoms with Gasteiger partial charge in [-0.05, 0) is 32.3 Å². The molecule has 0 radical (unpaired) electrons. The Hall–Kier alpha value is -2.80. The molecule has 0 atom stereocenters. The van der Waals surface area contributed by atoms with Crippen LogP contribution in [0.1, 0.15) is 10.4 Å². The molecule has 7 heteroatoms. The van der Waals surface area contributed by atoms with Crippen molar-refractivity contribution < 1.29 is 14.3 Å². The third-order valence-electron chi connectivity index (χ3n) is 3.52. The molecule has 0 aliphatic carbocycles. The van der Waals surface area contributed by atoms with E-state index in [-0.39, 0.29) is 5.91 Å². The van der Waals surface area contributed by atoms with Crippen LogP contribution in [0.25, 0.3) is 0 Å². The third-order valence-corrected chi connectivity index (χ3v) is 3.52. The fourth-order valence-electron chi connectivity index (χ4n) is 2.21. The van der Waals surface area contributed by atoms with Crippen LogP contribution < -0.4 is 20.1 Å². The first kappa shape index (κ1) is 18.5. The summed E-state index contributed by atoms with van der Waals surface area (Å²) in [5, 5.41) is 6.08.